The summed E-state index contributed by atoms with van der Waals surface area (Å²) in [5.74, 6) is 0.475. The van der Waals surface area contributed by atoms with Crippen molar-refractivity contribution < 1.29 is 4.79 Å². The topological polar surface area (TPSA) is 54.0 Å². The van der Waals surface area contributed by atoms with E-state index in [0.717, 1.165) is 11.4 Å². The lowest BCUT2D eigenvalue weighted by Crippen LogP contribution is -2.18. The van der Waals surface area contributed by atoms with Gasteiger partial charge in [-0.3, -0.25) is 4.79 Å². The van der Waals surface area contributed by atoms with E-state index in [9.17, 15) is 4.79 Å². The Hall–Kier alpha value is -2.36. The highest BCUT2D eigenvalue weighted by molar-refractivity contribution is 5.91. The Bertz CT molecular complexity index is 670. The van der Waals surface area contributed by atoms with Gasteiger partial charge in [-0.25, -0.2) is 4.98 Å². The molecule has 0 saturated heterocycles. The van der Waals surface area contributed by atoms with Crippen molar-refractivity contribution in [1.29, 1.82) is 0 Å². The summed E-state index contributed by atoms with van der Waals surface area (Å²) in [5.41, 5.74) is 3.27. The first-order chi connectivity index (χ1) is 10.8. The van der Waals surface area contributed by atoms with Crippen LogP contribution in [0.2, 0.25) is 0 Å². The minimum absolute atomic E-state index is 0.0312. The van der Waals surface area contributed by atoms with Gasteiger partial charge in [0.05, 0.1) is 11.9 Å². The molecule has 1 aromatic heterocycles. The molecule has 2 N–H and O–H groups in total. The van der Waals surface area contributed by atoms with Crippen molar-refractivity contribution in [2.45, 2.75) is 40.0 Å². The third-order valence-electron chi connectivity index (χ3n) is 3.55. The van der Waals surface area contributed by atoms with Crippen LogP contribution in [0.25, 0.3) is 0 Å². The number of pyridine rings is 1. The van der Waals surface area contributed by atoms with Gasteiger partial charge in [-0.05, 0) is 29.2 Å². The van der Waals surface area contributed by atoms with Crippen LogP contribution in [0.1, 0.15) is 40.2 Å². The quantitative estimate of drug-likeness (QED) is 0.859. The van der Waals surface area contributed by atoms with Crippen molar-refractivity contribution in [3.05, 3.63) is 48.2 Å². The molecule has 2 aromatic rings. The average Bonchev–Trinajstić information content (AvgIpc) is 2.48. The Morgan fingerprint density at radius 2 is 1.78 bits per heavy atom. The van der Waals surface area contributed by atoms with E-state index in [0.29, 0.717) is 5.82 Å². The standard InChI is InChI=1S/C19H25N3O/c1-13(2)18(23)22-17-11-10-14(12-20-17)21-16-9-7-6-8-15(16)19(3,4)5/h6-13,21H,1-5H3,(H,20,22,23). The molecule has 4 heteroatoms. The van der Waals surface area contributed by atoms with Crippen LogP contribution in [0.15, 0.2) is 42.6 Å². The number of para-hydroxylation sites is 1. The lowest BCUT2D eigenvalue weighted by atomic mass is 9.86. The fraction of sp³-hybridized carbons (Fsp3) is 0.368. The molecular formula is C19H25N3O. The molecule has 0 saturated carbocycles. The predicted molar refractivity (Wildman–Crippen MR) is 96.1 cm³/mol. The average molecular weight is 311 g/mol. The van der Waals surface area contributed by atoms with E-state index >= 15 is 0 Å². The largest absolute Gasteiger partial charge is 0.354 e. The van der Waals surface area contributed by atoms with Crippen molar-refractivity contribution in [3.8, 4) is 0 Å². The fourth-order valence-electron chi connectivity index (χ4n) is 2.21. The molecule has 23 heavy (non-hydrogen) atoms. The molecule has 1 aromatic carbocycles. The van der Waals surface area contributed by atoms with Crippen LogP contribution in [0.4, 0.5) is 17.2 Å². The van der Waals surface area contributed by atoms with Gasteiger partial charge in [0.15, 0.2) is 0 Å². The summed E-state index contributed by atoms with van der Waals surface area (Å²) in [5, 5.41) is 6.20. The van der Waals surface area contributed by atoms with E-state index in [4.69, 9.17) is 0 Å². The molecule has 0 aliphatic rings. The first-order valence-electron chi connectivity index (χ1n) is 7.91. The van der Waals surface area contributed by atoms with Gasteiger partial charge >= 0.3 is 0 Å². The predicted octanol–water partition coefficient (Wildman–Crippen LogP) is 4.72. The zero-order valence-corrected chi connectivity index (χ0v) is 14.5. The maximum Gasteiger partial charge on any atom is 0.228 e. The molecule has 0 unspecified atom stereocenters. The van der Waals surface area contributed by atoms with Crippen LogP contribution in [0.5, 0.6) is 0 Å². The molecule has 2 rings (SSSR count). The monoisotopic (exact) mass is 311 g/mol. The number of hydrogen-bond donors (Lipinski definition) is 2. The second kappa shape index (κ2) is 6.82. The Kier molecular flexibility index (Phi) is 5.04. The minimum atomic E-state index is -0.0618. The molecule has 122 valence electrons. The third kappa shape index (κ3) is 4.55. The van der Waals surface area contributed by atoms with Crippen LogP contribution >= 0.6 is 0 Å². The van der Waals surface area contributed by atoms with E-state index in [-0.39, 0.29) is 17.2 Å². The lowest BCUT2D eigenvalue weighted by Gasteiger charge is -2.23. The number of amides is 1. The number of benzene rings is 1. The fourth-order valence-corrected chi connectivity index (χ4v) is 2.21. The molecule has 0 atom stereocenters. The van der Waals surface area contributed by atoms with Gasteiger partial charge in [0.25, 0.3) is 0 Å². The normalized spacial score (nSPS) is 11.4. The second-order valence-corrected chi connectivity index (χ2v) is 7.00. The van der Waals surface area contributed by atoms with Gasteiger partial charge in [-0.15, -0.1) is 0 Å². The number of carbonyl (C=O) groups excluding carboxylic acids is 1. The number of aromatic nitrogens is 1. The maximum atomic E-state index is 11.7. The van der Waals surface area contributed by atoms with E-state index in [1.54, 1.807) is 6.20 Å². The van der Waals surface area contributed by atoms with Crippen LogP contribution in [-0.2, 0) is 10.2 Å². The lowest BCUT2D eigenvalue weighted by molar-refractivity contribution is -0.118. The summed E-state index contributed by atoms with van der Waals surface area (Å²) >= 11 is 0. The van der Waals surface area contributed by atoms with Crippen LogP contribution in [0, 0.1) is 5.92 Å². The van der Waals surface area contributed by atoms with Gasteiger partial charge in [-0.2, -0.15) is 0 Å². The van der Waals surface area contributed by atoms with Crippen LogP contribution in [0.3, 0.4) is 0 Å². The summed E-state index contributed by atoms with van der Waals surface area (Å²) in [6.07, 6.45) is 1.73. The summed E-state index contributed by atoms with van der Waals surface area (Å²) < 4.78 is 0. The van der Waals surface area contributed by atoms with Gasteiger partial charge in [0, 0.05) is 11.6 Å². The van der Waals surface area contributed by atoms with E-state index in [2.05, 4.69) is 54.6 Å². The van der Waals surface area contributed by atoms with Crippen molar-refractivity contribution in [1.82, 2.24) is 4.98 Å². The number of rotatable bonds is 4. The molecule has 0 radical (unpaired) electrons. The van der Waals surface area contributed by atoms with Crippen LogP contribution in [-0.4, -0.2) is 10.9 Å². The molecule has 4 nitrogen and oxygen atoms in total. The molecule has 0 aliphatic heterocycles. The second-order valence-electron chi connectivity index (χ2n) is 7.00. The van der Waals surface area contributed by atoms with Crippen LogP contribution < -0.4 is 10.6 Å². The van der Waals surface area contributed by atoms with Crippen molar-refractivity contribution in [2.24, 2.45) is 5.92 Å². The number of hydrogen-bond acceptors (Lipinski definition) is 3. The Labute approximate surface area is 138 Å². The number of nitrogens with one attached hydrogen (secondary N) is 2. The summed E-state index contributed by atoms with van der Waals surface area (Å²) in [6.45, 7) is 10.3. The van der Waals surface area contributed by atoms with E-state index in [1.807, 2.05) is 32.0 Å². The van der Waals surface area contributed by atoms with E-state index in [1.165, 1.54) is 5.56 Å². The smallest absolute Gasteiger partial charge is 0.228 e. The molecule has 1 amide bonds. The first-order valence-corrected chi connectivity index (χ1v) is 7.91. The number of anilines is 3. The van der Waals surface area contributed by atoms with Gasteiger partial charge in [-0.1, -0.05) is 52.8 Å². The summed E-state index contributed by atoms with van der Waals surface area (Å²) in [4.78, 5) is 16.0. The SMILES string of the molecule is CC(C)C(=O)Nc1ccc(Nc2ccccc2C(C)(C)C)cn1. The highest BCUT2D eigenvalue weighted by Crippen LogP contribution is 2.31. The molecule has 0 bridgehead atoms. The zero-order chi connectivity index (χ0) is 17.0. The molecule has 1 heterocycles. The van der Waals surface area contributed by atoms with Crippen molar-refractivity contribution >= 4 is 23.1 Å². The molecular weight excluding hydrogens is 286 g/mol. The van der Waals surface area contributed by atoms with Crippen molar-refractivity contribution in [3.63, 3.8) is 0 Å². The van der Waals surface area contributed by atoms with E-state index < -0.39 is 0 Å². The van der Waals surface area contributed by atoms with Gasteiger partial charge in [0.2, 0.25) is 5.91 Å². The highest BCUT2D eigenvalue weighted by atomic mass is 16.1. The van der Waals surface area contributed by atoms with Gasteiger partial charge < -0.3 is 10.6 Å². The zero-order valence-electron chi connectivity index (χ0n) is 14.5. The van der Waals surface area contributed by atoms with Crippen molar-refractivity contribution in [2.75, 3.05) is 10.6 Å². The third-order valence-corrected chi connectivity index (χ3v) is 3.55. The Morgan fingerprint density at radius 1 is 1.09 bits per heavy atom. The Balaban J connectivity index is 2.15. The molecule has 0 spiro atoms. The minimum Gasteiger partial charge on any atom is -0.354 e. The Morgan fingerprint density at radius 3 is 2.35 bits per heavy atom. The number of nitrogens with zero attached hydrogens (tertiary/aromatic N) is 1. The van der Waals surface area contributed by atoms with Gasteiger partial charge in [0.1, 0.15) is 5.82 Å². The maximum absolute atomic E-state index is 11.7. The first kappa shape index (κ1) is 17.0. The highest BCUT2D eigenvalue weighted by Gasteiger charge is 2.17. The summed E-state index contributed by atoms with van der Waals surface area (Å²) in [7, 11) is 0. The molecule has 0 aliphatic carbocycles. The summed E-state index contributed by atoms with van der Waals surface area (Å²) in [6, 6.07) is 12.0. The number of carbonyl (C=O) groups is 1. The molecule has 0 fully saturated rings.